The molecule has 1 N–H and O–H groups in total. The molecule has 4 heteroatoms. The first kappa shape index (κ1) is 15.0. The zero-order valence-corrected chi connectivity index (χ0v) is 12.0. The lowest BCUT2D eigenvalue weighted by atomic mass is 10.1. The Kier molecular flexibility index (Phi) is 5.56. The van der Waals surface area contributed by atoms with E-state index in [1.165, 1.54) is 6.42 Å². The highest BCUT2D eigenvalue weighted by Gasteiger charge is 2.23. The van der Waals surface area contributed by atoms with Crippen molar-refractivity contribution >= 4 is 5.78 Å². The van der Waals surface area contributed by atoms with Crippen LogP contribution >= 0.6 is 0 Å². The highest BCUT2D eigenvalue weighted by atomic mass is 16.5. The number of methoxy groups -OCH3 is 1. The molecular weight excluding hydrogens is 254 g/mol. The van der Waals surface area contributed by atoms with E-state index in [1.807, 2.05) is 12.1 Å². The Morgan fingerprint density at radius 2 is 2.15 bits per heavy atom. The molecule has 1 unspecified atom stereocenters. The number of Topliss-reactive ketones (excluding diaryl/α,β-unsaturated/α-hetero) is 1. The van der Waals surface area contributed by atoms with Gasteiger partial charge in [-0.15, -0.1) is 0 Å². The van der Waals surface area contributed by atoms with E-state index in [4.69, 9.17) is 4.74 Å². The Morgan fingerprint density at radius 3 is 2.90 bits per heavy atom. The van der Waals surface area contributed by atoms with Gasteiger partial charge in [-0.25, -0.2) is 0 Å². The average Bonchev–Trinajstić information content (AvgIpc) is 2.72. The SMILES string of the molecule is COc1ccccc1C(=O)CN1CCCCCC1CO. The summed E-state index contributed by atoms with van der Waals surface area (Å²) in [6.07, 6.45) is 4.37. The molecule has 4 nitrogen and oxygen atoms in total. The molecule has 1 heterocycles. The number of hydrogen-bond acceptors (Lipinski definition) is 4. The summed E-state index contributed by atoms with van der Waals surface area (Å²) in [6, 6.07) is 7.42. The molecular formula is C16H23NO3. The van der Waals surface area contributed by atoms with E-state index in [0.29, 0.717) is 17.9 Å². The van der Waals surface area contributed by atoms with Crippen molar-refractivity contribution in [1.29, 1.82) is 0 Å². The standard InChI is InChI=1S/C16H23NO3/c1-20-16-9-5-4-8-14(16)15(19)11-17-10-6-2-3-7-13(17)12-18/h4-5,8-9,13,18H,2-3,6-7,10-12H2,1H3. The first-order valence-electron chi connectivity index (χ1n) is 7.27. The van der Waals surface area contributed by atoms with Crippen LogP contribution in [0, 0.1) is 0 Å². The summed E-state index contributed by atoms with van der Waals surface area (Å²) in [5.41, 5.74) is 0.621. The third-order valence-electron chi connectivity index (χ3n) is 3.96. The van der Waals surface area contributed by atoms with Crippen LogP contribution in [0.15, 0.2) is 24.3 Å². The maximum absolute atomic E-state index is 12.5. The molecule has 0 amide bonds. The second-order valence-electron chi connectivity index (χ2n) is 5.28. The lowest BCUT2D eigenvalue weighted by Gasteiger charge is -2.27. The van der Waals surface area contributed by atoms with Crippen molar-refractivity contribution in [2.24, 2.45) is 0 Å². The van der Waals surface area contributed by atoms with Crippen LogP contribution in [0.4, 0.5) is 0 Å². The average molecular weight is 277 g/mol. The Bertz CT molecular complexity index is 447. The minimum Gasteiger partial charge on any atom is -0.496 e. The summed E-state index contributed by atoms with van der Waals surface area (Å²) in [6.45, 7) is 1.36. The fraction of sp³-hybridized carbons (Fsp3) is 0.562. The topological polar surface area (TPSA) is 49.8 Å². The summed E-state index contributed by atoms with van der Waals surface area (Å²) in [4.78, 5) is 14.6. The fourth-order valence-corrected chi connectivity index (χ4v) is 2.80. The molecule has 1 atom stereocenters. The van der Waals surface area contributed by atoms with Gasteiger partial charge < -0.3 is 9.84 Å². The molecule has 0 saturated carbocycles. The van der Waals surface area contributed by atoms with Crippen LogP contribution in [-0.4, -0.2) is 48.6 Å². The number of para-hydroxylation sites is 1. The molecule has 0 spiro atoms. The number of hydrogen-bond donors (Lipinski definition) is 1. The van der Waals surface area contributed by atoms with E-state index >= 15 is 0 Å². The second kappa shape index (κ2) is 7.41. The summed E-state index contributed by atoms with van der Waals surface area (Å²) < 4.78 is 5.24. The maximum atomic E-state index is 12.5. The number of likely N-dealkylation sites (tertiary alicyclic amines) is 1. The van der Waals surface area contributed by atoms with Gasteiger partial charge >= 0.3 is 0 Å². The predicted octanol–water partition coefficient (Wildman–Crippen LogP) is 2.11. The summed E-state index contributed by atoms with van der Waals surface area (Å²) in [7, 11) is 1.58. The van der Waals surface area contributed by atoms with E-state index in [-0.39, 0.29) is 18.4 Å². The van der Waals surface area contributed by atoms with E-state index < -0.39 is 0 Å². The number of rotatable bonds is 5. The van der Waals surface area contributed by atoms with E-state index in [9.17, 15) is 9.90 Å². The molecule has 1 aromatic rings. The van der Waals surface area contributed by atoms with Crippen LogP contribution in [0.1, 0.15) is 36.0 Å². The van der Waals surface area contributed by atoms with Gasteiger partial charge in [-0.3, -0.25) is 9.69 Å². The lowest BCUT2D eigenvalue weighted by molar-refractivity contribution is 0.0823. The van der Waals surface area contributed by atoms with Crippen LogP contribution in [0.2, 0.25) is 0 Å². The van der Waals surface area contributed by atoms with E-state index in [0.717, 1.165) is 25.8 Å². The zero-order chi connectivity index (χ0) is 14.4. The number of carbonyl (C=O) groups is 1. The molecule has 1 fully saturated rings. The van der Waals surface area contributed by atoms with Gasteiger partial charge in [0.1, 0.15) is 5.75 Å². The van der Waals surface area contributed by atoms with Gasteiger partial charge in [0.15, 0.2) is 5.78 Å². The highest BCUT2D eigenvalue weighted by molar-refractivity contribution is 6.00. The molecule has 0 aliphatic carbocycles. The van der Waals surface area contributed by atoms with Crippen LogP contribution in [-0.2, 0) is 0 Å². The molecule has 1 saturated heterocycles. The number of benzene rings is 1. The van der Waals surface area contributed by atoms with Crippen molar-refractivity contribution in [2.75, 3.05) is 26.8 Å². The quantitative estimate of drug-likeness (QED) is 0.838. The molecule has 0 bridgehead atoms. The molecule has 110 valence electrons. The lowest BCUT2D eigenvalue weighted by Crippen LogP contribution is -2.40. The number of carbonyl (C=O) groups excluding carboxylic acids is 1. The smallest absolute Gasteiger partial charge is 0.180 e. The second-order valence-corrected chi connectivity index (χ2v) is 5.28. The molecule has 1 aliphatic heterocycles. The maximum Gasteiger partial charge on any atom is 0.180 e. The van der Waals surface area contributed by atoms with Gasteiger partial charge in [-0.1, -0.05) is 25.0 Å². The van der Waals surface area contributed by atoms with Gasteiger partial charge in [-0.05, 0) is 31.5 Å². The molecule has 1 aliphatic rings. The summed E-state index contributed by atoms with van der Waals surface area (Å²) in [5.74, 6) is 0.677. The molecule has 0 aromatic heterocycles. The Hall–Kier alpha value is -1.39. The van der Waals surface area contributed by atoms with Crippen molar-refractivity contribution in [3.05, 3.63) is 29.8 Å². The Morgan fingerprint density at radius 1 is 1.35 bits per heavy atom. The van der Waals surface area contributed by atoms with Crippen molar-refractivity contribution in [2.45, 2.75) is 31.7 Å². The third-order valence-corrected chi connectivity index (χ3v) is 3.96. The van der Waals surface area contributed by atoms with Crippen LogP contribution < -0.4 is 4.74 Å². The number of aliphatic hydroxyl groups excluding tert-OH is 1. The zero-order valence-electron chi connectivity index (χ0n) is 12.0. The van der Waals surface area contributed by atoms with Crippen molar-refractivity contribution < 1.29 is 14.6 Å². The monoisotopic (exact) mass is 277 g/mol. The van der Waals surface area contributed by atoms with Gasteiger partial charge in [0.25, 0.3) is 0 Å². The van der Waals surface area contributed by atoms with E-state index in [1.54, 1.807) is 19.2 Å². The van der Waals surface area contributed by atoms with Crippen LogP contribution in [0.3, 0.4) is 0 Å². The third kappa shape index (κ3) is 3.58. The van der Waals surface area contributed by atoms with Crippen molar-refractivity contribution in [3.8, 4) is 5.75 Å². The Balaban J connectivity index is 2.09. The first-order chi connectivity index (χ1) is 9.76. The number of ether oxygens (including phenoxy) is 1. The highest BCUT2D eigenvalue weighted by Crippen LogP contribution is 2.21. The van der Waals surface area contributed by atoms with Crippen molar-refractivity contribution in [1.82, 2.24) is 4.90 Å². The minimum atomic E-state index is 0.0581. The molecule has 2 rings (SSSR count). The summed E-state index contributed by atoms with van der Waals surface area (Å²) >= 11 is 0. The van der Waals surface area contributed by atoms with Crippen LogP contribution in [0.5, 0.6) is 5.75 Å². The molecule has 0 radical (unpaired) electrons. The molecule has 1 aromatic carbocycles. The minimum absolute atomic E-state index is 0.0581. The van der Waals surface area contributed by atoms with Crippen LogP contribution in [0.25, 0.3) is 0 Å². The Labute approximate surface area is 120 Å². The van der Waals surface area contributed by atoms with Gasteiger partial charge in [0, 0.05) is 6.04 Å². The fourth-order valence-electron chi connectivity index (χ4n) is 2.80. The first-order valence-corrected chi connectivity index (χ1v) is 7.27. The number of nitrogens with zero attached hydrogens (tertiary/aromatic N) is 1. The van der Waals surface area contributed by atoms with E-state index in [2.05, 4.69) is 4.90 Å². The van der Waals surface area contributed by atoms with Gasteiger partial charge in [-0.2, -0.15) is 0 Å². The molecule has 20 heavy (non-hydrogen) atoms. The van der Waals surface area contributed by atoms with Gasteiger partial charge in [0.2, 0.25) is 0 Å². The summed E-state index contributed by atoms with van der Waals surface area (Å²) in [5, 5.41) is 9.49. The van der Waals surface area contributed by atoms with Crippen molar-refractivity contribution in [3.63, 3.8) is 0 Å². The largest absolute Gasteiger partial charge is 0.496 e. The van der Waals surface area contributed by atoms with Gasteiger partial charge in [0.05, 0.1) is 25.8 Å². The predicted molar refractivity (Wildman–Crippen MR) is 78.2 cm³/mol. The number of aliphatic hydroxyl groups is 1. The number of ketones is 1. The normalized spacial score (nSPS) is 20.4.